The van der Waals surface area contributed by atoms with Crippen molar-refractivity contribution < 1.29 is 8.42 Å². The molecule has 3 N–H and O–H groups in total. The van der Waals surface area contributed by atoms with E-state index in [1.807, 2.05) is 33.8 Å². The number of aromatic nitrogens is 4. The quantitative estimate of drug-likeness (QED) is 0.564. The molecule has 144 valence electrons. The minimum Gasteiger partial charge on any atom is -0.369 e. The smallest absolute Gasteiger partial charge is 0.259 e. The van der Waals surface area contributed by atoms with E-state index in [2.05, 4.69) is 30.3 Å². The highest BCUT2D eigenvalue weighted by Gasteiger charge is 2.20. The topological polar surface area (TPSA) is 114 Å². The fourth-order valence-electron chi connectivity index (χ4n) is 2.46. The average Bonchev–Trinajstić information content (AvgIpc) is 2.94. The molecule has 0 unspecified atom stereocenters. The van der Waals surface area contributed by atoms with Gasteiger partial charge in [-0.2, -0.15) is 4.98 Å². The van der Waals surface area contributed by atoms with E-state index in [9.17, 15) is 8.42 Å². The summed E-state index contributed by atoms with van der Waals surface area (Å²) in [5, 5.41) is 6.19. The number of hydrogen-bond acceptors (Lipinski definition) is 7. The maximum Gasteiger partial charge on any atom is 0.259 e. The molecule has 0 saturated heterocycles. The molecule has 0 fully saturated rings. The summed E-state index contributed by atoms with van der Waals surface area (Å²) in [7, 11) is -1.85. The van der Waals surface area contributed by atoms with Crippen LogP contribution in [0, 0.1) is 6.92 Å². The van der Waals surface area contributed by atoms with Crippen LogP contribution in [0.1, 0.15) is 38.2 Å². The van der Waals surface area contributed by atoms with Gasteiger partial charge in [0.1, 0.15) is 11.6 Å². The third-order valence-corrected chi connectivity index (χ3v) is 4.93. The molecule has 0 radical (unpaired) electrons. The molecule has 2 heterocycles. The molecule has 0 aliphatic rings. The second-order valence-corrected chi connectivity index (χ2v) is 7.99. The van der Waals surface area contributed by atoms with Crippen LogP contribution in [0.25, 0.3) is 0 Å². The molecule has 0 atom stereocenters. The van der Waals surface area contributed by atoms with E-state index in [0.29, 0.717) is 18.3 Å². The van der Waals surface area contributed by atoms with Crippen molar-refractivity contribution in [3.8, 4) is 0 Å². The Morgan fingerprint density at radius 1 is 1.15 bits per heavy atom. The Morgan fingerprint density at radius 3 is 2.50 bits per heavy atom. The van der Waals surface area contributed by atoms with Crippen molar-refractivity contribution in [2.75, 3.05) is 30.3 Å². The molecule has 0 bridgehead atoms. The SMILES string of the molecule is CCNc1nc(C)cc(NCCNS(=O)(=O)c2cn(C)c(C(C)C)n2)n1. The van der Waals surface area contributed by atoms with Crippen molar-refractivity contribution in [1.82, 2.24) is 24.2 Å². The lowest BCUT2D eigenvalue weighted by atomic mass is 10.2. The summed E-state index contributed by atoms with van der Waals surface area (Å²) in [4.78, 5) is 12.8. The van der Waals surface area contributed by atoms with Gasteiger partial charge in [-0.3, -0.25) is 0 Å². The van der Waals surface area contributed by atoms with Gasteiger partial charge in [-0.25, -0.2) is 23.1 Å². The Hall–Kier alpha value is -2.20. The van der Waals surface area contributed by atoms with Gasteiger partial charge in [-0.05, 0) is 13.8 Å². The van der Waals surface area contributed by atoms with Crippen LogP contribution in [0.15, 0.2) is 17.3 Å². The minimum atomic E-state index is -3.64. The van der Waals surface area contributed by atoms with Gasteiger partial charge in [0, 0.05) is 50.6 Å². The molecule has 2 aromatic heterocycles. The number of imidazole rings is 1. The highest BCUT2D eigenvalue weighted by Crippen LogP contribution is 2.15. The highest BCUT2D eigenvalue weighted by atomic mass is 32.2. The van der Waals surface area contributed by atoms with Crippen molar-refractivity contribution in [3.05, 3.63) is 23.8 Å². The zero-order valence-corrected chi connectivity index (χ0v) is 16.7. The van der Waals surface area contributed by atoms with Crippen LogP contribution >= 0.6 is 0 Å². The van der Waals surface area contributed by atoms with Gasteiger partial charge in [0.25, 0.3) is 10.0 Å². The Morgan fingerprint density at radius 2 is 1.88 bits per heavy atom. The Bertz CT molecular complexity index is 846. The lowest BCUT2D eigenvalue weighted by Gasteiger charge is -2.09. The predicted molar refractivity (Wildman–Crippen MR) is 102 cm³/mol. The molecule has 9 nitrogen and oxygen atoms in total. The number of sulfonamides is 1. The van der Waals surface area contributed by atoms with Crippen LogP contribution in [0.5, 0.6) is 0 Å². The first-order valence-electron chi connectivity index (χ1n) is 8.59. The van der Waals surface area contributed by atoms with Gasteiger partial charge in [0.05, 0.1) is 0 Å². The van der Waals surface area contributed by atoms with Crippen LogP contribution in [0.4, 0.5) is 11.8 Å². The van der Waals surface area contributed by atoms with E-state index >= 15 is 0 Å². The van der Waals surface area contributed by atoms with E-state index in [-0.39, 0.29) is 17.5 Å². The van der Waals surface area contributed by atoms with Crippen molar-refractivity contribution in [2.24, 2.45) is 7.05 Å². The zero-order chi connectivity index (χ0) is 19.3. The lowest BCUT2D eigenvalue weighted by molar-refractivity contribution is 0.579. The van der Waals surface area contributed by atoms with E-state index in [1.165, 1.54) is 6.20 Å². The van der Waals surface area contributed by atoms with Gasteiger partial charge >= 0.3 is 0 Å². The third kappa shape index (κ3) is 5.15. The number of nitrogens with one attached hydrogen (secondary N) is 3. The number of aryl methyl sites for hydroxylation is 2. The van der Waals surface area contributed by atoms with Crippen LogP contribution < -0.4 is 15.4 Å². The Kier molecular flexibility index (Phi) is 6.54. The molecule has 26 heavy (non-hydrogen) atoms. The first-order chi connectivity index (χ1) is 12.2. The monoisotopic (exact) mass is 381 g/mol. The summed E-state index contributed by atoms with van der Waals surface area (Å²) in [6, 6.07) is 1.81. The molecule has 0 spiro atoms. The molecule has 2 rings (SSSR count). The van der Waals surface area contributed by atoms with E-state index in [0.717, 1.165) is 18.1 Å². The number of rotatable bonds is 9. The van der Waals surface area contributed by atoms with Crippen LogP contribution in [-0.4, -0.2) is 47.6 Å². The molecule has 2 aromatic rings. The highest BCUT2D eigenvalue weighted by molar-refractivity contribution is 7.89. The van der Waals surface area contributed by atoms with E-state index in [1.54, 1.807) is 11.6 Å². The van der Waals surface area contributed by atoms with Crippen LogP contribution in [-0.2, 0) is 17.1 Å². The second-order valence-electron chi connectivity index (χ2n) is 6.28. The largest absolute Gasteiger partial charge is 0.369 e. The van der Waals surface area contributed by atoms with Gasteiger partial charge in [0.15, 0.2) is 5.03 Å². The minimum absolute atomic E-state index is 0.0380. The lowest BCUT2D eigenvalue weighted by Crippen LogP contribution is -2.29. The predicted octanol–water partition coefficient (Wildman–Crippen LogP) is 1.46. The molecule has 0 aliphatic heterocycles. The second kappa shape index (κ2) is 8.45. The Balaban J connectivity index is 1.94. The summed E-state index contributed by atoms with van der Waals surface area (Å²) in [5.41, 5.74) is 0.828. The maximum atomic E-state index is 12.4. The van der Waals surface area contributed by atoms with E-state index in [4.69, 9.17) is 0 Å². The fraction of sp³-hybridized carbons (Fsp3) is 0.562. The van der Waals surface area contributed by atoms with Crippen LogP contribution in [0.2, 0.25) is 0 Å². The van der Waals surface area contributed by atoms with Crippen molar-refractivity contribution >= 4 is 21.8 Å². The molecule has 0 aromatic carbocycles. The standard InChI is InChI=1S/C16H27N7O2S/c1-6-17-16-20-12(4)9-13(21-16)18-7-8-19-26(24,25)14-10-23(5)15(22-14)11(2)3/h9-11,19H,6-8H2,1-5H3,(H2,17,18,20,21). The van der Waals surface area contributed by atoms with Gasteiger partial charge in [-0.1, -0.05) is 13.8 Å². The first kappa shape index (κ1) is 20.1. The fourth-order valence-corrected chi connectivity index (χ4v) is 3.49. The van der Waals surface area contributed by atoms with Crippen molar-refractivity contribution in [1.29, 1.82) is 0 Å². The molecule has 10 heteroatoms. The van der Waals surface area contributed by atoms with Crippen molar-refractivity contribution in [2.45, 2.75) is 38.6 Å². The summed E-state index contributed by atoms with van der Waals surface area (Å²) >= 11 is 0. The maximum absolute atomic E-state index is 12.4. The molecule has 0 saturated carbocycles. The Labute approximate surface area is 154 Å². The van der Waals surface area contributed by atoms with Gasteiger partial charge in [-0.15, -0.1) is 0 Å². The third-order valence-electron chi connectivity index (χ3n) is 3.59. The molecular formula is C16H27N7O2S. The van der Waals surface area contributed by atoms with E-state index < -0.39 is 10.0 Å². The van der Waals surface area contributed by atoms with Gasteiger partial charge < -0.3 is 15.2 Å². The molecular weight excluding hydrogens is 354 g/mol. The number of anilines is 2. The van der Waals surface area contributed by atoms with Gasteiger partial charge in [0.2, 0.25) is 5.95 Å². The first-order valence-corrected chi connectivity index (χ1v) is 10.1. The molecule has 0 amide bonds. The molecule has 0 aliphatic carbocycles. The van der Waals surface area contributed by atoms with Crippen molar-refractivity contribution in [3.63, 3.8) is 0 Å². The number of hydrogen-bond donors (Lipinski definition) is 3. The summed E-state index contributed by atoms with van der Waals surface area (Å²) in [6.45, 7) is 9.13. The normalized spacial score (nSPS) is 11.8. The summed E-state index contributed by atoms with van der Waals surface area (Å²) in [6.07, 6.45) is 1.53. The zero-order valence-electron chi connectivity index (χ0n) is 15.9. The number of nitrogens with zero attached hydrogens (tertiary/aromatic N) is 4. The summed E-state index contributed by atoms with van der Waals surface area (Å²) in [5.74, 6) is 2.08. The average molecular weight is 382 g/mol. The summed E-state index contributed by atoms with van der Waals surface area (Å²) < 4.78 is 29.0. The van der Waals surface area contributed by atoms with Crippen LogP contribution in [0.3, 0.4) is 0 Å².